The molecule has 1 aromatic carbocycles. The van der Waals surface area contributed by atoms with Crippen LogP contribution in [0.1, 0.15) is 33.1 Å². The van der Waals surface area contributed by atoms with Crippen molar-refractivity contribution in [2.45, 2.75) is 44.7 Å². The second-order valence-electron chi connectivity index (χ2n) is 7.93. The fourth-order valence-electron chi connectivity index (χ4n) is 4.14. The van der Waals surface area contributed by atoms with Gasteiger partial charge in [0.05, 0.1) is 18.7 Å². The Morgan fingerprint density at radius 1 is 1.19 bits per heavy atom. The number of nitrogens with zero attached hydrogens (tertiary/aromatic N) is 3. The van der Waals surface area contributed by atoms with Gasteiger partial charge in [0.2, 0.25) is 11.8 Å². The Labute approximate surface area is 155 Å². The number of benzene rings is 1. The zero-order chi connectivity index (χ0) is 18.9. The number of piperazine rings is 1. The van der Waals surface area contributed by atoms with E-state index in [0.717, 1.165) is 37.2 Å². The minimum atomic E-state index is -0.465. The molecule has 2 heterocycles. The van der Waals surface area contributed by atoms with E-state index < -0.39 is 5.54 Å². The van der Waals surface area contributed by atoms with Gasteiger partial charge in [-0.15, -0.1) is 0 Å². The van der Waals surface area contributed by atoms with Crippen molar-refractivity contribution in [2.24, 2.45) is 0 Å². The normalized spacial score (nSPS) is 23.8. The maximum atomic E-state index is 13.0. The van der Waals surface area contributed by atoms with Crippen LogP contribution >= 0.6 is 0 Å². The van der Waals surface area contributed by atoms with Crippen LogP contribution in [-0.2, 0) is 9.59 Å². The molecule has 142 valence electrons. The summed E-state index contributed by atoms with van der Waals surface area (Å²) in [7, 11) is 3.62. The number of hydrogen-bond donors (Lipinski definition) is 0. The van der Waals surface area contributed by atoms with Crippen molar-refractivity contribution < 1.29 is 14.3 Å². The van der Waals surface area contributed by atoms with Gasteiger partial charge in [-0.2, -0.15) is 0 Å². The zero-order valence-electron chi connectivity index (χ0n) is 16.2. The van der Waals surface area contributed by atoms with Gasteiger partial charge in [-0.3, -0.25) is 14.5 Å². The molecule has 0 spiro atoms. The number of methoxy groups -OCH3 is 1. The quantitative estimate of drug-likeness (QED) is 0.830. The number of amides is 2. The van der Waals surface area contributed by atoms with Crippen LogP contribution in [0.3, 0.4) is 0 Å². The van der Waals surface area contributed by atoms with Gasteiger partial charge in [-0.25, -0.2) is 0 Å². The predicted molar refractivity (Wildman–Crippen MR) is 101 cm³/mol. The molecule has 2 saturated heterocycles. The van der Waals surface area contributed by atoms with E-state index in [9.17, 15) is 9.59 Å². The maximum Gasteiger partial charge on any atom is 0.247 e. The minimum Gasteiger partial charge on any atom is -0.497 e. The summed E-state index contributed by atoms with van der Waals surface area (Å²) in [6.45, 7) is 5.64. The summed E-state index contributed by atoms with van der Waals surface area (Å²) < 4.78 is 5.20. The lowest BCUT2D eigenvalue weighted by Crippen LogP contribution is -2.65. The summed E-state index contributed by atoms with van der Waals surface area (Å²) in [6.07, 6.45) is 3.09. The van der Waals surface area contributed by atoms with Crippen LogP contribution in [0.25, 0.3) is 0 Å². The van der Waals surface area contributed by atoms with Gasteiger partial charge >= 0.3 is 0 Å². The monoisotopic (exact) mass is 359 g/mol. The zero-order valence-corrected chi connectivity index (χ0v) is 16.2. The van der Waals surface area contributed by atoms with E-state index in [1.54, 1.807) is 16.9 Å². The largest absolute Gasteiger partial charge is 0.497 e. The third-order valence-electron chi connectivity index (χ3n) is 5.46. The third-order valence-corrected chi connectivity index (χ3v) is 5.46. The smallest absolute Gasteiger partial charge is 0.247 e. The van der Waals surface area contributed by atoms with Gasteiger partial charge < -0.3 is 14.5 Å². The average Bonchev–Trinajstić information content (AvgIpc) is 2.61. The number of likely N-dealkylation sites (tertiary alicyclic amines) is 1. The van der Waals surface area contributed by atoms with Crippen LogP contribution in [0.4, 0.5) is 5.69 Å². The molecular formula is C20H29N3O3. The number of likely N-dealkylation sites (N-methyl/N-ethyl adjacent to an activating group) is 1. The predicted octanol–water partition coefficient (Wildman–Crippen LogP) is 2.13. The minimum absolute atomic E-state index is 0.0433. The number of hydrogen-bond acceptors (Lipinski definition) is 4. The van der Waals surface area contributed by atoms with E-state index in [4.69, 9.17) is 4.74 Å². The molecule has 1 atom stereocenters. The van der Waals surface area contributed by atoms with E-state index >= 15 is 0 Å². The summed E-state index contributed by atoms with van der Waals surface area (Å²) in [5.41, 5.74) is 0.370. The molecule has 0 aliphatic carbocycles. The van der Waals surface area contributed by atoms with Crippen LogP contribution in [0, 0.1) is 0 Å². The summed E-state index contributed by atoms with van der Waals surface area (Å²) >= 11 is 0. The number of rotatable bonds is 3. The van der Waals surface area contributed by atoms with Crippen molar-refractivity contribution in [3.8, 4) is 5.75 Å². The molecule has 6 nitrogen and oxygen atoms in total. The first kappa shape index (κ1) is 18.7. The Kier molecular flexibility index (Phi) is 5.23. The molecule has 26 heavy (non-hydrogen) atoms. The molecule has 0 saturated carbocycles. The first-order valence-electron chi connectivity index (χ1n) is 9.29. The Balaban J connectivity index is 1.78. The first-order chi connectivity index (χ1) is 12.3. The maximum absolute atomic E-state index is 13.0. The van der Waals surface area contributed by atoms with Gasteiger partial charge in [0, 0.05) is 12.2 Å². The number of carbonyl (C=O) groups excluding carboxylic acids is 2. The van der Waals surface area contributed by atoms with E-state index in [1.165, 1.54) is 0 Å². The molecule has 0 radical (unpaired) electrons. The Bertz CT molecular complexity index is 671. The Morgan fingerprint density at radius 3 is 2.46 bits per heavy atom. The van der Waals surface area contributed by atoms with Crippen LogP contribution in [0.2, 0.25) is 0 Å². The standard InChI is InChI=1S/C20H29N3O3/c1-20(2)14-22(19(25)17-7-5-6-12-21(17)3)13-18(24)23(20)15-8-10-16(26-4)11-9-15/h8-11,17H,5-7,12-14H2,1-4H3/t17-/m0/s1. The number of carbonyl (C=O) groups is 2. The summed E-state index contributed by atoms with van der Waals surface area (Å²) in [4.78, 5) is 31.6. The van der Waals surface area contributed by atoms with Gasteiger partial charge in [0.25, 0.3) is 0 Å². The van der Waals surface area contributed by atoms with Crippen LogP contribution in [0.5, 0.6) is 5.75 Å². The highest BCUT2D eigenvalue weighted by Gasteiger charge is 2.43. The van der Waals surface area contributed by atoms with Crippen molar-refractivity contribution in [3.63, 3.8) is 0 Å². The molecule has 0 N–H and O–H groups in total. The van der Waals surface area contributed by atoms with Crippen LogP contribution in [0.15, 0.2) is 24.3 Å². The molecule has 2 aliphatic heterocycles. The van der Waals surface area contributed by atoms with E-state index in [2.05, 4.69) is 4.90 Å². The number of piperidine rings is 1. The van der Waals surface area contributed by atoms with Crippen molar-refractivity contribution in [1.29, 1.82) is 0 Å². The van der Waals surface area contributed by atoms with E-state index in [0.29, 0.717) is 6.54 Å². The summed E-state index contributed by atoms with van der Waals surface area (Å²) in [6, 6.07) is 7.40. The van der Waals surface area contributed by atoms with Crippen molar-refractivity contribution >= 4 is 17.5 Å². The SMILES string of the molecule is COc1ccc(N2C(=O)CN(C(=O)[C@@H]3CCCCN3C)CC2(C)C)cc1. The highest BCUT2D eigenvalue weighted by molar-refractivity contribution is 6.00. The fourth-order valence-corrected chi connectivity index (χ4v) is 4.14. The van der Waals surface area contributed by atoms with Gasteiger partial charge in [-0.05, 0) is 64.5 Å². The molecule has 2 fully saturated rings. The third kappa shape index (κ3) is 3.56. The highest BCUT2D eigenvalue weighted by Crippen LogP contribution is 2.31. The van der Waals surface area contributed by atoms with Crippen molar-refractivity contribution in [2.75, 3.05) is 38.7 Å². The molecule has 2 aliphatic rings. The first-order valence-corrected chi connectivity index (χ1v) is 9.29. The van der Waals surface area contributed by atoms with Crippen LogP contribution < -0.4 is 9.64 Å². The molecule has 0 aromatic heterocycles. The molecule has 6 heteroatoms. The molecule has 3 rings (SSSR count). The number of ether oxygens (including phenoxy) is 1. The summed E-state index contributed by atoms with van der Waals surface area (Å²) in [5, 5.41) is 0. The molecule has 1 aromatic rings. The second-order valence-corrected chi connectivity index (χ2v) is 7.93. The Hall–Kier alpha value is -2.08. The number of anilines is 1. The summed E-state index contributed by atoms with van der Waals surface area (Å²) in [5.74, 6) is 0.800. The molecule has 0 unspecified atom stereocenters. The lowest BCUT2D eigenvalue weighted by atomic mass is 9.95. The topological polar surface area (TPSA) is 53.1 Å². The fraction of sp³-hybridized carbons (Fsp3) is 0.600. The van der Waals surface area contributed by atoms with Gasteiger partial charge in [-0.1, -0.05) is 6.42 Å². The van der Waals surface area contributed by atoms with Crippen molar-refractivity contribution in [3.05, 3.63) is 24.3 Å². The lowest BCUT2D eigenvalue weighted by molar-refractivity contribution is -0.144. The van der Waals surface area contributed by atoms with Gasteiger partial charge in [0.15, 0.2) is 0 Å². The van der Waals surface area contributed by atoms with Crippen molar-refractivity contribution in [1.82, 2.24) is 9.80 Å². The van der Waals surface area contributed by atoms with E-state index in [1.807, 2.05) is 45.2 Å². The highest BCUT2D eigenvalue weighted by atomic mass is 16.5. The lowest BCUT2D eigenvalue weighted by Gasteiger charge is -2.48. The van der Waals surface area contributed by atoms with Gasteiger partial charge in [0.1, 0.15) is 12.3 Å². The second kappa shape index (κ2) is 7.27. The van der Waals surface area contributed by atoms with E-state index in [-0.39, 0.29) is 24.4 Å². The average molecular weight is 359 g/mol. The molecule has 2 amide bonds. The molecular weight excluding hydrogens is 330 g/mol. The van der Waals surface area contributed by atoms with Crippen LogP contribution in [-0.4, -0.2) is 67.0 Å². The molecule has 0 bridgehead atoms. The Morgan fingerprint density at radius 2 is 1.88 bits per heavy atom.